The number of hydrogen-bond donors (Lipinski definition) is 0. The van der Waals surface area contributed by atoms with Crippen LogP contribution in [0.1, 0.15) is 12.6 Å². The van der Waals surface area contributed by atoms with Gasteiger partial charge in [-0.15, -0.1) is 0 Å². The van der Waals surface area contributed by atoms with Crippen molar-refractivity contribution in [3.8, 4) is 11.4 Å². The van der Waals surface area contributed by atoms with Gasteiger partial charge >= 0.3 is 6.18 Å². The third kappa shape index (κ3) is 2.32. The maximum absolute atomic E-state index is 12.5. The number of pyridine rings is 1. The lowest BCUT2D eigenvalue weighted by atomic mass is 10.2. The average molecular weight is 293 g/mol. The van der Waals surface area contributed by atoms with Crippen molar-refractivity contribution in [1.29, 1.82) is 0 Å². The minimum Gasteiger partial charge on any atom is -0.309 e. The van der Waals surface area contributed by atoms with Gasteiger partial charge in [-0.25, -0.2) is 15.0 Å². The van der Waals surface area contributed by atoms with Crippen LogP contribution in [0.25, 0.3) is 22.6 Å². The highest BCUT2D eigenvalue weighted by Gasteiger charge is 2.32. The Labute approximate surface area is 117 Å². The van der Waals surface area contributed by atoms with E-state index in [1.165, 1.54) is 18.6 Å². The van der Waals surface area contributed by atoms with Crippen LogP contribution in [-0.4, -0.2) is 24.5 Å². The van der Waals surface area contributed by atoms with E-state index in [1.807, 2.05) is 6.92 Å². The van der Waals surface area contributed by atoms with E-state index in [-0.39, 0.29) is 0 Å². The van der Waals surface area contributed by atoms with Gasteiger partial charge in [0.05, 0.1) is 6.20 Å². The Kier molecular flexibility index (Phi) is 3.08. The van der Waals surface area contributed by atoms with Gasteiger partial charge in [0.1, 0.15) is 23.4 Å². The van der Waals surface area contributed by atoms with Crippen LogP contribution in [0.3, 0.4) is 0 Å². The second-order valence-corrected chi connectivity index (χ2v) is 4.34. The van der Waals surface area contributed by atoms with E-state index in [4.69, 9.17) is 0 Å². The molecule has 5 nitrogen and oxygen atoms in total. The van der Waals surface area contributed by atoms with E-state index in [0.717, 1.165) is 6.07 Å². The largest absolute Gasteiger partial charge is 0.433 e. The maximum Gasteiger partial charge on any atom is 0.433 e. The smallest absolute Gasteiger partial charge is 0.309 e. The van der Waals surface area contributed by atoms with Crippen LogP contribution in [0, 0.1) is 0 Å². The average Bonchev–Trinajstić information content (AvgIpc) is 2.85. The summed E-state index contributed by atoms with van der Waals surface area (Å²) in [5.74, 6) is 0.522. The van der Waals surface area contributed by atoms with Gasteiger partial charge in [-0.1, -0.05) is 0 Å². The molecule has 0 radical (unpaired) electrons. The maximum atomic E-state index is 12.5. The minimum atomic E-state index is -4.45. The van der Waals surface area contributed by atoms with Crippen molar-refractivity contribution in [2.75, 3.05) is 0 Å². The first-order valence-corrected chi connectivity index (χ1v) is 6.20. The van der Waals surface area contributed by atoms with Gasteiger partial charge in [-0.2, -0.15) is 13.2 Å². The van der Waals surface area contributed by atoms with E-state index in [0.29, 0.717) is 29.1 Å². The van der Waals surface area contributed by atoms with Crippen LogP contribution in [0.4, 0.5) is 13.2 Å². The highest BCUT2D eigenvalue weighted by Crippen LogP contribution is 2.29. The van der Waals surface area contributed by atoms with Crippen molar-refractivity contribution < 1.29 is 13.2 Å². The molecule has 0 aromatic carbocycles. The molecule has 3 aromatic heterocycles. The number of hydrogen-bond acceptors (Lipinski definition) is 4. The first kappa shape index (κ1) is 13.5. The topological polar surface area (TPSA) is 56.5 Å². The van der Waals surface area contributed by atoms with Crippen LogP contribution in [0.5, 0.6) is 0 Å². The molecule has 0 aliphatic rings. The molecular weight excluding hydrogens is 283 g/mol. The Morgan fingerprint density at radius 3 is 2.57 bits per heavy atom. The summed E-state index contributed by atoms with van der Waals surface area (Å²) in [4.78, 5) is 15.9. The Bertz CT molecular complexity index is 777. The monoisotopic (exact) mass is 293 g/mol. The molecule has 0 fully saturated rings. The molecule has 0 saturated heterocycles. The molecule has 0 saturated carbocycles. The van der Waals surface area contributed by atoms with Gasteiger partial charge in [0.15, 0.2) is 5.65 Å². The Balaban J connectivity index is 2.12. The van der Waals surface area contributed by atoms with Crippen LogP contribution in [-0.2, 0) is 12.7 Å². The molecule has 108 valence electrons. The van der Waals surface area contributed by atoms with Crippen molar-refractivity contribution in [3.05, 3.63) is 36.5 Å². The van der Waals surface area contributed by atoms with E-state index in [9.17, 15) is 13.2 Å². The lowest BCUT2D eigenvalue weighted by Crippen LogP contribution is -2.07. The van der Waals surface area contributed by atoms with Crippen molar-refractivity contribution in [1.82, 2.24) is 24.5 Å². The van der Waals surface area contributed by atoms with Gasteiger partial charge < -0.3 is 4.57 Å². The predicted molar refractivity (Wildman–Crippen MR) is 69.2 cm³/mol. The first-order chi connectivity index (χ1) is 10.0. The summed E-state index contributed by atoms with van der Waals surface area (Å²) >= 11 is 0. The zero-order chi connectivity index (χ0) is 15.0. The highest BCUT2D eigenvalue weighted by molar-refractivity contribution is 5.76. The summed E-state index contributed by atoms with van der Waals surface area (Å²) in [5, 5.41) is 0. The number of rotatable bonds is 2. The zero-order valence-corrected chi connectivity index (χ0v) is 11.0. The van der Waals surface area contributed by atoms with Gasteiger partial charge in [-0.3, -0.25) is 4.98 Å². The minimum absolute atomic E-state index is 0.503. The summed E-state index contributed by atoms with van der Waals surface area (Å²) in [7, 11) is 0. The molecule has 0 N–H and O–H groups in total. The number of alkyl halides is 3. The van der Waals surface area contributed by atoms with Crippen LogP contribution >= 0.6 is 0 Å². The second kappa shape index (κ2) is 4.80. The molecule has 21 heavy (non-hydrogen) atoms. The summed E-state index contributed by atoms with van der Waals surface area (Å²) < 4.78 is 39.4. The molecular formula is C13H10F3N5. The zero-order valence-electron chi connectivity index (χ0n) is 11.0. The molecule has 0 amide bonds. The SMILES string of the molecule is CCn1c(-c2ccc(C(F)(F)F)nc2)nc2cncnc21. The van der Waals surface area contributed by atoms with E-state index in [2.05, 4.69) is 19.9 Å². The molecule has 0 bridgehead atoms. The van der Waals surface area contributed by atoms with Gasteiger partial charge in [0, 0.05) is 18.3 Å². The van der Waals surface area contributed by atoms with Crippen molar-refractivity contribution >= 4 is 11.2 Å². The molecule has 0 spiro atoms. The number of nitrogens with zero attached hydrogens (tertiary/aromatic N) is 5. The molecule has 8 heteroatoms. The highest BCUT2D eigenvalue weighted by atomic mass is 19.4. The lowest BCUT2D eigenvalue weighted by molar-refractivity contribution is -0.141. The molecule has 3 heterocycles. The summed E-state index contributed by atoms with van der Waals surface area (Å²) in [6.45, 7) is 2.49. The Hall–Kier alpha value is -2.51. The fourth-order valence-corrected chi connectivity index (χ4v) is 2.09. The van der Waals surface area contributed by atoms with E-state index >= 15 is 0 Å². The Morgan fingerprint density at radius 1 is 1.14 bits per heavy atom. The predicted octanol–water partition coefficient (Wildman–Crippen LogP) is 2.93. The quantitative estimate of drug-likeness (QED) is 0.729. The van der Waals surface area contributed by atoms with Gasteiger partial charge in [-0.05, 0) is 19.1 Å². The third-order valence-electron chi connectivity index (χ3n) is 3.04. The van der Waals surface area contributed by atoms with Crippen molar-refractivity contribution in [2.45, 2.75) is 19.6 Å². The molecule has 0 aliphatic carbocycles. The normalized spacial score (nSPS) is 12.0. The van der Waals surface area contributed by atoms with Crippen LogP contribution in [0.15, 0.2) is 30.9 Å². The summed E-state index contributed by atoms with van der Waals surface area (Å²) in [5.41, 5.74) is 0.810. The fraction of sp³-hybridized carbons (Fsp3) is 0.231. The van der Waals surface area contributed by atoms with Crippen molar-refractivity contribution in [3.63, 3.8) is 0 Å². The number of fused-ring (bicyclic) bond motifs is 1. The number of halogens is 3. The van der Waals surface area contributed by atoms with Crippen molar-refractivity contribution in [2.24, 2.45) is 0 Å². The lowest BCUT2D eigenvalue weighted by Gasteiger charge is -2.07. The fourth-order valence-electron chi connectivity index (χ4n) is 2.09. The van der Waals surface area contributed by atoms with Gasteiger partial charge in [0.25, 0.3) is 0 Å². The molecule has 0 atom stereocenters. The Morgan fingerprint density at radius 2 is 1.95 bits per heavy atom. The number of aromatic nitrogens is 5. The van der Waals surface area contributed by atoms with Gasteiger partial charge in [0.2, 0.25) is 0 Å². The first-order valence-electron chi connectivity index (χ1n) is 6.20. The summed E-state index contributed by atoms with van der Waals surface area (Å²) in [6, 6.07) is 2.30. The molecule has 0 aliphatic heterocycles. The molecule has 0 unspecified atom stereocenters. The van der Waals surface area contributed by atoms with E-state index in [1.54, 1.807) is 10.8 Å². The molecule has 3 aromatic rings. The summed E-state index contributed by atoms with van der Waals surface area (Å²) in [6.07, 6.45) is -0.307. The standard InChI is InChI=1S/C13H10F3N5/c1-2-21-11(20-9-6-17-7-19-12(9)21)8-3-4-10(18-5-8)13(14,15)16/h3-7H,2H2,1H3. The van der Waals surface area contributed by atoms with Crippen LogP contribution in [0.2, 0.25) is 0 Å². The third-order valence-corrected chi connectivity index (χ3v) is 3.04. The molecule has 3 rings (SSSR count). The van der Waals surface area contributed by atoms with Crippen LogP contribution < -0.4 is 0 Å². The second-order valence-electron chi connectivity index (χ2n) is 4.34. The van der Waals surface area contributed by atoms with E-state index < -0.39 is 11.9 Å². The number of aryl methyl sites for hydroxylation is 1. The number of imidazole rings is 1.